The fraction of sp³-hybridized carbons (Fsp3) is 0.167. The summed E-state index contributed by atoms with van der Waals surface area (Å²) in [6.45, 7) is 2.44. The molecular weight excluding hydrogens is 534 g/mol. The summed E-state index contributed by atoms with van der Waals surface area (Å²) in [7, 11) is 3.01. The smallest absolute Gasteiger partial charge is 0.262 e. The third kappa shape index (κ3) is 7.07. The van der Waals surface area contributed by atoms with Gasteiger partial charge in [0.05, 0.1) is 19.7 Å². The van der Waals surface area contributed by atoms with Crippen LogP contribution in [0.25, 0.3) is 10.9 Å². The molecular formula is C30H28F2N4O5. The number of amides is 2. The van der Waals surface area contributed by atoms with E-state index in [0.717, 1.165) is 12.5 Å². The van der Waals surface area contributed by atoms with E-state index in [9.17, 15) is 14.0 Å². The molecule has 11 heteroatoms. The Morgan fingerprint density at radius 3 is 2.15 bits per heavy atom. The SMILES string of the molecule is CCCN/C=C(\C(=O)Nc1ccc(F)cc1)C(=O)Nc1ccc(Oc2ccnc3cc(OC)c(OC)cc23)c(F)c1. The Balaban J connectivity index is 1.53. The molecule has 0 spiro atoms. The number of ether oxygens (including phenoxy) is 3. The maximum Gasteiger partial charge on any atom is 0.262 e. The first kappa shape index (κ1) is 28.8. The molecule has 0 saturated carbocycles. The standard InChI is InChI=1S/C30H28F2N4O5/c1-4-12-33-17-22(29(37)35-19-7-5-18(31)6-8-19)30(38)36-20-9-10-26(23(32)14-20)41-25-11-13-34-24-16-28(40-3)27(39-2)15-21(24)25/h5-11,13-17,33H,4,12H2,1-3H3,(H,35,37)(H,36,38)/b22-17+. The predicted molar refractivity (Wildman–Crippen MR) is 151 cm³/mol. The molecule has 0 bridgehead atoms. The summed E-state index contributed by atoms with van der Waals surface area (Å²) in [5.41, 5.74) is 0.704. The van der Waals surface area contributed by atoms with Crippen molar-refractivity contribution in [2.24, 2.45) is 0 Å². The molecule has 4 aromatic rings. The van der Waals surface area contributed by atoms with E-state index in [1.54, 1.807) is 18.2 Å². The quantitative estimate of drug-likeness (QED) is 0.0920. The van der Waals surface area contributed by atoms with Gasteiger partial charge in [0.25, 0.3) is 11.8 Å². The highest BCUT2D eigenvalue weighted by Gasteiger charge is 2.20. The van der Waals surface area contributed by atoms with Crippen LogP contribution in [0.5, 0.6) is 23.0 Å². The molecule has 1 heterocycles. The summed E-state index contributed by atoms with van der Waals surface area (Å²) in [6.07, 6.45) is 3.56. The molecule has 0 unspecified atom stereocenters. The largest absolute Gasteiger partial charge is 0.493 e. The molecule has 2 amide bonds. The van der Waals surface area contributed by atoms with Crippen molar-refractivity contribution < 1.29 is 32.6 Å². The number of benzene rings is 3. The second-order valence-electron chi connectivity index (χ2n) is 8.71. The second-order valence-corrected chi connectivity index (χ2v) is 8.71. The third-order valence-electron chi connectivity index (χ3n) is 5.85. The van der Waals surface area contributed by atoms with Crippen molar-refractivity contribution in [2.45, 2.75) is 13.3 Å². The summed E-state index contributed by atoms with van der Waals surface area (Å²) in [5, 5.41) is 8.55. The van der Waals surface area contributed by atoms with Crippen molar-refractivity contribution in [3.05, 3.63) is 90.3 Å². The van der Waals surface area contributed by atoms with Gasteiger partial charge in [0.2, 0.25) is 0 Å². The summed E-state index contributed by atoms with van der Waals surface area (Å²) in [5.74, 6) is -1.54. The highest BCUT2D eigenvalue weighted by atomic mass is 19.1. The van der Waals surface area contributed by atoms with Crippen molar-refractivity contribution in [1.82, 2.24) is 10.3 Å². The van der Waals surface area contributed by atoms with Gasteiger partial charge in [0.1, 0.15) is 17.1 Å². The first-order chi connectivity index (χ1) is 19.8. The first-order valence-electron chi connectivity index (χ1n) is 12.6. The van der Waals surface area contributed by atoms with Crippen LogP contribution in [0.4, 0.5) is 20.2 Å². The van der Waals surface area contributed by atoms with Crippen molar-refractivity contribution in [2.75, 3.05) is 31.4 Å². The summed E-state index contributed by atoms with van der Waals surface area (Å²) in [6, 6.07) is 13.9. The monoisotopic (exact) mass is 562 g/mol. The lowest BCUT2D eigenvalue weighted by molar-refractivity contribution is -0.118. The Kier molecular flexibility index (Phi) is 9.31. The van der Waals surface area contributed by atoms with Crippen LogP contribution in [0.2, 0.25) is 0 Å². The van der Waals surface area contributed by atoms with Crippen molar-refractivity contribution in [1.29, 1.82) is 0 Å². The minimum Gasteiger partial charge on any atom is -0.493 e. The molecule has 4 rings (SSSR count). The second kappa shape index (κ2) is 13.2. The van der Waals surface area contributed by atoms with Crippen LogP contribution in [-0.2, 0) is 9.59 Å². The van der Waals surface area contributed by atoms with E-state index < -0.39 is 23.4 Å². The maximum absolute atomic E-state index is 15.1. The Morgan fingerprint density at radius 1 is 0.829 bits per heavy atom. The van der Waals surface area contributed by atoms with Gasteiger partial charge >= 0.3 is 0 Å². The van der Waals surface area contributed by atoms with Gasteiger partial charge in [0, 0.05) is 47.8 Å². The number of carbonyl (C=O) groups excluding carboxylic acids is 2. The lowest BCUT2D eigenvalue weighted by Gasteiger charge is -2.14. The van der Waals surface area contributed by atoms with E-state index in [1.165, 1.54) is 63.0 Å². The van der Waals surface area contributed by atoms with Crippen molar-refractivity contribution in [3.8, 4) is 23.0 Å². The number of nitrogens with zero attached hydrogens (tertiary/aromatic N) is 1. The zero-order chi connectivity index (χ0) is 29.4. The number of fused-ring (bicyclic) bond motifs is 1. The lowest BCUT2D eigenvalue weighted by atomic mass is 10.1. The molecule has 0 aliphatic carbocycles. The molecule has 0 aliphatic rings. The number of rotatable bonds is 11. The number of carbonyl (C=O) groups is 2. The van der Waals surface area contributed by atoms with Gasteiger partial charge in [0.15, 0.2) is 23.1 Å². The number of aromatic nitrogens is 1. The number of halogens is 2. The maximum atomic E-state index is 15.1. The van der Waals surface area contributed by atoms with Gasteiger partial charge < -0.3 is 30.2 Å². The van der Waals surface area contributed by atoms with E-state index in [-0.39, 0.29) is 17.0 Å². The molecule has 0 saturated heterocycles. The molecule has 9 nitrogen and oxygen atoms in total. The Labute approximate surface area is 235 Å². The van der Waals surface area contributed by atoms with E-state index in [1.807, 2.05) is 6.92 Å². The van der Waals surface area contributed by atoms with Gasteiger partial charge in [-0.15, -0.1) is 0 Å². The minimum atomic E-state index is -0.776. The van der Waals surface area contributed by atoms with Crippen LogP contribution in [0.1, 0.15) is 13.3 Å². The van der Waals surface area contributed by atoms with Gasteiger partial charge in [-0.2, -0.15) is 0 Å². The van der Waals surface area contributed by atoms with Gasteiger partial charge in [-0.05, 0) is 55.0 Å². The average Bonchev–Trinajstić information content (AvgIpc) is 2.97. The summed E-state index contributed by atoms with van der Waals surface area (Å²) >= 11 is 0. The van der Waals surface area contributed by atoms with Crippen molar-refractivity contribution in [3.63, 3.8) is 0 Å². The van der Waals surface area contributed by atoms with Crippen LogP contribution < -0.4 is 30.2 Å². The van der Waals surface area contributed by atoms with Gasteiger partial charge in [-0.25, -0.2) is 8.78 Å². The van der Waals surface area contributed by atoms with Gasteiger partial charge in [-0.1, -0.05) is 6.92 Å². The normalized spacial score (nSPS) is 11.1. The summed E-state index contributed by atoms with van der Waals surface area (Å²) < 4.78 is 44.8. The average molecular weight is 563 g/mol. The zero-order valence-electron chi connectivity index (χ0n) is 22.6. The number of nitrogens with one attached hydrogen (secondary N) is 3. The fourth-order valence-electron chi connectivity index (χ4n) is 3.80. The number of methoxy groups -OCH3 is 2. The Hall–Kier alpha value is -5.19. The van der Waals surface area contributed by atoms with Crippen LogP contribution in [0.3, 0.4) is 0 Å². The molecule has 3 aromatic carbocycles. The van der Waals surface area contributed by atoms with E-state index in [0.29, 0.717) is 40.4 Å². The molecule has 0 fully saturated rings. The molecule has 41 heavy (non-hydrogen) atoms. The lowest BCUT2D eigenvalue weighted by Crippen LogP contribution is -2.27. The Bertz CT molecular complexity index is 1590. The van der Waals surface area contributed by atoms with Gasteiger partial charge in [-0.3, -0.25) is 14.6 Å². The molecule has 0 atom stereocenters. The van der Waals surface area contributed by atoms with Crippen molar-refractivity contribution >= 4 is 34.1 Å². The topological polar surface area (TPSA) is 111 Å². The highest BCUT2D eigenvalue weighted by Crippen LogP contribution is 2.37. The minimum absolute atomic E-state index is 0.0975. The number of anilines is 2. The third-order valence-corrected chi connectivity index (χ3v) is 5.85. The number of hydrogen-bond acceptors (Lipinski definition) is 7. The molecule has 0 radical (unpaired) electrons. The molecule has 0 aliphatic heterocycles. The van der Waals surface area contributed by atoms with E-state index in [2.05, 4.69) is 20.9 Å². The molecule has 212 valence electrons. The fourth-order valence-corrected chi connectivity index (χ4v) is 3.80. The number of hydrogen-bond donors (Lipinski definition) is 3. The van der Waals surface area contributed by atoms with Crippen LogP contribution >= 0.6 is 0 Å². The predicted octanol–water partition coefficient (Wildman–Crippen LogP) is 5.78. The van der Waals surface area contributed by atoms with Crippen LogP contribution in [-0.4, -0.2) is 37.6 Å². The van der Waals surface area contributed by atoms with E-state index >= 15 is 4.39 Å². The molecule has 3 N–H and O–H groups in total. The zero-order valence-corrected chi connectivity index (χ0v) is 22.6. The first-order valence-corrected chi connectivity index (χ1v) is 12.6. The van der Waals surface area contributed by atoms with E-state index in [4.69, 9.17) is 14.2 Å². The number of pyridine rings is 1. The van der Waals surface area contributed by atoms with Crippen LogP contribution in [0.15, 0.2) is 78.6 Å². The highest BCUT2D eigenvalue weighted by molar-refractivity contribution is 6.26. The van der Waals surface area contributed by atoms with Crippen LogP contribution in [0, 0.1) is 11.6 Å². The Morgan fingerprint density at radius 2 is 1.49 bits per heavy atom. The summed E-state index contributed by atoms with van der Waals surface area (Å²) in [4.78, 5) is 30.2. The molecule has 1 aromatic heterocycles.